The number of nitrogens with zero attached hydrogens (tertiary/aromatic N) is 2. The molecule has 148 valence electrons. The standard InChI is InChI=1S/C19H24F3N3O2/c1-14(2)23-17(26)13-24-9-11-25(12-10-24)18(27)8-5-15-3-6-16(7-4-15)19(20,21)22/h3-8,14H,9-13H2,1-2H3,(H,23,26). The van der Waals surface area contributed by atoms with Gasteiger partial charge in [-0.25, -0.2) is 0 Å². The van der Waals surface area contributed by atoms with Crippen molar-refractivity contribution < 1.29 is 22.8 Å². The number of amides is 2. The van der Waals surface area contributed by atoms with Crippen molar-refractivity contribution in [3.63, 3.8) is 0 Å². The maximum Gasteiger partial charge on any atom is 0.416 e. The monoisotopic (exact) mass is 383 g/mol. The number of benzene rings is 1. The predicted molar refractivity (Wildman–Crippen MR) is 96.8 cm³/mol. The lowest BCUT2D eigenvalue weighted by Crippen LogP contribution is -2.51. The van der Waals surface area contributed by atoms with E-state index in [1.165, 1.54) is 24.3 Å². The Morgan fingerprint density at radius 1 is 1.11 bits per heavy atom. The van der Waals surface area contributed by atoms with E-state index < -0.39 is 11.7 Å². The molecular formula is C19H24F3N3O2. The van der Waals surface area contributed by atoms with Crippen molar-refractivity contribution in [3.8, 4) is 0 Å². The molecule has 1 heterocycles. The van der Waals surface area contributed by atoms with E-state index in [-0.39, 0.29) is 17.9 Å². The van der Waals surface area contributed by atoms with Gasteiger partial charge in [-0.05, 0) is 37.6 Å². The second-order valence-electron chi connectivity index (χ2n) is 6.78. The minimum atomic E-state index is -4.37. The summed E-state index contributed by atoms with van der Waals surface area (Å²) in [6.45, 7) is 6.32. The number of hydrogen-bond acceptors (Lipinski definition) is 3. The Kier molecular flexibility index (Phi) is 7.01. The van der Waals surface area contributed by atoms with Crippen molar-refractivity contribution in [3.05, 3.63) is 41.5 Å². The summed E-state index contributed by atoms with van der Waals surface area (Å²) in [6, 6.07) is 4.74. The Morgan fingerprint density at radius 3 is 2.22 bits per heavy atom. The van der Waals surface area contributed by atoms with Gasteiger partial charge in [-0.3, -0.25) is 14.5 Å². The van der Waals surface area contributed by atoms with Crippen molar-refractivity contribution in [2.75, 3.05) is 32.7 Å². The number of rotatable bonds is 5. The molecule has 5 nitrogen and oxygen atoms in total. The number of carbonyl (C=O) groups excluding carboxylic acids is 2. The first kappa shape index (κ1) is 21.0. The molecule has 0 saturated carbocycles. The first-order valence-electron chi connectivity index (χ1n) is 8.81. The largest absolute Gasteiger partial charge is 0.416 e. The lowest BCUT2D eigenvalue weighted by molar-refractivity contribution is -0.137. The van der Waals surface area contributed by atoms with Crippen molar-refractivity contribution in [1.82, 2.24) is 15.1 Å². The van der Waals surface area contributed by atoms with Gasteiger partial charge in [-0.1, -0.05) is 12.1 Å². The van der Waals surface area contributed by atoms with Crippen LogP contribution < -0.4 is 5.32 Å². The molecule has 0 aliphatic carbocycles. The number of nitrogens with one attached hydrogen (secondary N) is 1. The first-order chi connectivity index (χ1) is 12.6. The van der Waals surface area contributed by atoms with Crippen LogP contribution in [0.4, 0.5) is 13.2 Å². The van der Waals surface area contributed by atoms with Gasteiger partial charge in [0.1, 0.15) is 0 Å². The first-order valence-corrected chi connectivity index (χ1v) is 8.81. The summed E-state index contributed by atoms with van der Waals surface area (Å²) in [7, 11) is 0. The molecule has 2 rings (SSSR count). The topological polar surface area (TPSA) is 52.7 Å². The molecule has 1 saturated heterocycles. The smallest absolute Gasteiger partial charge is 0.353 e. The third-order valence-electron chi connectivity index (χ3n) is 4.16. The van der Waals surface area contributed by atoms with Crippen molar-refractivity contribution in [2.24, 2.45) is 0 Å². The Balaban J connectivity index is 1.82. The van der Waals surface area contributed by atoms with Gasteiger partial charge in [0.15, 0.2) is 0 Å². The highest BCUT2D eigenvalue weighted by Gasteiger charge is 2.29. The van der Waals surface area contributed by atoms with Gasteiger partial charge in [0.05, 0.1) is 12.1 Å². The average Bonchev–Trinajstić information content (AvgIpc) is 2.59. The third-order valence-corrected chi connectivity index (χ3v) is 4.16. The van der Waals surface area contributed by atoms with Crippen LogP contribution in [0.15, 0.2) is 30.3 Å². The zero-order chi connectivity index (χ0) is 20.0. The van der Waals surface area contributed by atoms with E-state index in [2.05, 4.69) is 5.32 Å². The zero-order valence-corrected chi connectivity index (χ0v) is 15.4. The van der Waals surface area contributed by atoms with E-state index in [4.69, 9.17) is 0 Å². The SMILES string of the molecule is CC(C)NC(=O)CN1CCN(C(=O)C=Cc2ccc(C(F)(F)F)cc2)CC1. The Bertz CT molecular complexity index is 676. The molecule has 1 fully saturated rings. The van der Waals surface area contributed by atoms with E-state index in [1.54, 1.807) is 4.90 Å². The van der Waals surface area contributed by atoms with Crippen LogP contribution in [0.2, 0.25) is 0 Å². The molecule has 1 aliphatic heterocycles. The van der Waals surface area contributed by atoms with Gasteiger partial charge in [0, 0.05) is 38.3 Å². The highest BCUT2D eigenvalue weighted by Crippen LogP contribution is 2.29. The molecule has 8 heteroatoms. The molecule has 0 aromatic heterocycles. The van der Waals surface area contributed by atoms with E-state index in [9.17, 15) is 22.8 Å². The van der Waals surface area contributed by atoms with Gasteiger partial charge >= 0.3 is 6.18 Å². The van der Waals surface area contributed by atoms with E-state index >= 15 is 0 Å². The van der Waals surface area contributed by atoms with Crippen molar-refractivity contribution in [2.45, 2.75) is 26.1 Å². The molecule has 1 aromatic carbocycles. The highest BCUT2D eigenvalue weighted by atomic mass is 19.4. The van der Waals surface area contributed by atoms with Crippen LogP contribution in [0.5, 0.6) is 0 Å². The summed E-state index contributed by atoms with van der Waals surface area (Å²) < 4.78 is 37.6. The summed E-state index contributed by atoms with van der Waals surface area (Å²) >= 11 is 0. The molecule has 1 N–H and O–H groups in total. The fourth-order valence-electron chi connectivity index (χ4n) is 2.75. The average molecular weight is 383 g/mol. The maximum absolute atomic E-state index is 12.5. The number of alkyl halides is 3. The van der Waals surface area contributed by atoms with Crippen LogP contribution in [0.3, 0.4) is 0 Å². The van der Waals surface area contributed by atoms with Gasteiger partial charge in [0.25, 0.3) is 0 Å². The summed E-state index contributed by atoms with van der Waals surface area (Å²) in [5.74, 6) is -0.229. The molecule has 1 aliphatic rings. The molecule has 1 aromatic rings. The Labute approximate surface area is 156 Å². The highest BCUT2D eigenvalue weighted by molar-refractivity contribution is 5.91. The number of carbonyl (C=O) groups is 2. The molecule has 0 bridgehead atoms. The predicted octanol–water partition coefficient (Wildman–Crippen LogP) is 2.39. The van der Waals surface area contributed by atoms with Gasteiger partial charge in [0.2, 0.25) is 11.8 Å². The van der Waals surface area contributed by atoms with Crippen LogP contribution in [-0.2, 0) is 15.8 Å². The van der Waals surface area contributed by atoms with Crippen LogP contribution >= 0.6 is 0 Å². The lowest BCUT2D eigenvalue weighted by Gasteiger charge is -2.33. The van der Waals surface area contributed by atoms with Crippen molar-refractivity contribution >= 4 is 17.9 Å². The lowest BCUT2D eigenvalue weighted by atomic mass is 10.1. The van der Waals surface area contributed by atoms with Crippen LogP contribution in [0, 0.1) is 0 Å². The molecule has 0 radical (unpaired) electrons. The summed E-state index contributed by atoms with van der Waals surface area (Å²) in [5, 5.41) is 2.83. The Hall–Kier alpha value is -2.35. The second kappa shape index (κ2) is 9.03. The van der Waals surface area contributed by atoms with E-state index in [1.807, 2.05) is 18.7 Å². The van der Waals surface area contributed by atoms with Gasteiger partial charge < -0.3 is 10.2 Å². The number of piperazine rings is 1. The Morgan fingerprint density at radius 2 is 1.70 bits per heavy atom. The van der Waals surface area contributed by atoms with E-state index in [0.717, 1.165) is 12.1 Å². The molecule has 27 heavy (non-hydrogen) atoms. The van der Waals surface area contributed by atoms with Gasteiger partial charge in [-0.2, -0.15) is 13.2 Å². The number of hydrogen-bond donors (Lipinski definition) is 1. The number of halogens is 3. The van der Waals surface area contributed by atoms with Crippen LogP contribution in [-0.4, -0.2) is 60.4 Å². The quantitative estimate of drug-likeness (QED) is 0.795. The normalized spacial score (nSPS) is 16.1. The van der Waals surface area contributed by atoms with Crippen LogP contribution in [0.25, 0.3) is 6.08 Å². The maximum atomic E-state index is 12.5. The minimum absolute atomic E-state index is 0.0352. The fraction of sp³-hybridized carbons (Fsp3) is 0.474. The molecule has 0 unspecified atom stereocenters. The molecular weight excluding hydrogens is 359 g/mol. The third kappa shape index (κ3) is 6.71. The molecule has 0 spiro atoms. The summed E-state index contributed by atoms with van der Waals surface area (Å²) in [4.78, 5) is 27.7. The second-order valence-corrected chi connectivity index (χ2v) is 6.78. The van der Waals surface area contributed by atoms with Gasteiger partial charge in [-0.15, -0.1) is 0 Å². The fourth-order valence-corrected chi connectivity index (χ4v) is 2.75. The zero-order valence-electron chi connectivity index (χ0n) is 15.4. The summed E-state index contributed by atoms with van der Waals surface area (Å²) in [5.41, 5.74) is -0.191. The molecule has 0 atom stereocenters. The summed E-state index contributed by atoms with van der Waals surface area (Å²) in [6.07, 6.45) is -1.50. The van der Waals surface area contributed by atoms with Crippen LogP contribution in [0.1, 0.15) is 25.0 Å². The van der Waals surface area contributed by atoms with Crippen molar-refractivity contribution in [1.29, 1.82) is 0 Å². The minimum Gasteiger partial charge on any atom is -0.353 e. The van der Waals surface area contributed by atoms with E-state index in [0.29, 0.717) is 38.3 Å². The molecule has 2 amide bonds.